The molecule has 1 aromatic heterocycles. The van der Waals surface area contributed by atoms with Crippen LogP contribution in [0.4, 0.5) is 26.1 Å². The zero-order valence-corrected chi connectivity index (χ0v) is 18.7. The van der Waals surface area contributed by atoms with E-state index in [4.69, 9.17) is 4.74 Å². The summed E-state index contributed by atoms with van der Waals surface area (Å²) in [5.41, 5.74) is 3.43. The summed E-state index contributed by atoms with van der Waals surface area (Å²) in [5, 5.41) is 7.54. The average molecular weight is 457 g/mol. The molecule has 0 spiro atoms. The van der Waals surface area contributed by atoms with Crippen LogP contribution in [0.25, 0.3) is 5.69 Å². The molecular weight excluding hydrogens is 426 g/mol. The van der Waals surface area contributed by atoms with Gasteiger partial charge in [0.25, 0.3) is 0 Å². The largest absolute Gasteiger partial charge is 0.380 e. The SMILES string of the molecule is Cc1cc(Nc2ncn(-c3cc(F)cc(F)c3)n2)cc(N2CCN(C3CCCOC3)CC2)c1.[HH]. The number of anilines is 3. The number of benzene rings is 2. The first-order valence-corrected chi connectivity index (χ1v) is 11.4. The van der Waals surface area contributed by atoms with Crippen molar-refractivity contribution in [1.82, 2.24) is 19.7 Å². The third kappa shape index (κ3) is 5.15. The minimum atomic E-state index is -0.658. The monoisotopic (exact) mass is 456 g/mol. The van der Waals surface area contributed by atoms with Crippen LogP contribution in [0.15, 0.2) is 42.7 Å². The van der Waals surface area contributed by atoms with E-state index in [2.05, 4.69) is 44.3 Å². The summed E-state index contributed by atoms with van der Waals surface area (Å²) in [6.45, 7) is 7.80. The minimum absolute atomic E-state index is 0. The summed E-state index contributed by atoms with van der Waals surface area (Å²) in [7, 11) is 0. The van der Waals surface area contributed by atoms with Gasteiger partial charge in [-0.1, -0.05) is 0 Å². The number of halogens is 2. The molecule has 2 fully saturated rings. The number of aromatic nitrogens is 3. The van der Waals surface area contributed by atoms with Crippen molar-refractivity contribution in [2.75, 3.05) is 49.6 Å². The zero-order chi connectivity index (χ0) is 22.8. The van der Waals surface area contributed by atoms with Crippen LogP contribution in [0.1, 0.15) is 19.8 Å². The van der Waals surface area contributed by atoms with E-state index >= 15 is 0 Å². The molecule has 3 heterocycles. The molecular formula is C24H30F2N6O. The van der Waals surface area contributed by atoms with Crippen LogP contribution < -0.4 is 10.2 Å². The molecule has 0 amide bonds. The van der Waals surface area contributed by atoms with Gasteiger partial charge in [0.1, 0.15) is 18.0 Å². The van der Waals surface area contributed by atoms with E-state index in [0.29, 0.717) is 12.0 Å². The van der Waals surface area contributed by atoms with Gasteiger partial charge in [0, 0.05) is 57.7 Å². The molecule has 2 aliphatic heterocycles. The van der Waals surface area contributed by atoms with Gasteiger partial charge >= 0.3 is 0 Å². The Morgan fingerprint density at radius 3 is 2.52 bits per heavy atom. The molecule has 5 rings (SSSR count). The summed E-state index contributed by atoms with van der Waals surface area (Å²) < 4.78 is 34.1. The van der Waals surface area contributed by atoms with Crippen LogP contribution in [0.3, 0.4) is 0 Å². The summed E-state index contributed by atoms with van der Waals surface area (Å²) in [6.07, 6.45) is 3.80. The van der Waals surface area contributed by atoms with Crippen molar-refractivity contribution in [2.24, 2.45) is 0 Å². The standard InChI is InChI=1S/C24H28F2N6O.H2/c1-17-9-20(28-24-27-16-32(29-24)23-12-18(25)11-19(26)13-23)14-22(10-17)31-6-4-30(5-7-31)21-3-2-8-33-15-21;/h9-14,16,21H,2-8,15H2,1H3,(H,28,29);1H. The number of ether oxygens (including phenoxy) is 1. The second-order valence-corrected chi connectivity index (χ2v) is 8.72. The third-order valence-corrected chi connectivity index (χ3v) is 6.25. The van der Waals surface area contributed by atoms with Gasteiger partial charge in [0.05, 0.1) is 12.3 Å². The normalized spacial score (nSPS) is 19.6. The minimum Gasteiger partial charge on any atom is -0.380 e. The highest BCUT2D eigenvalue weighted by molar-refractivity contribution is 5.64. The summed E-state index contributed by atoms with van der Waals surface area (Å²) in [6, 6.07) is 10.1. The molecule has 0 saturated carbocycles. The Morgan fingerprint density at radius 2 is 1.79 bits per heavy atom. The van der Waals surface area contributed by atoms with Crippen LogP contribution in [-0.4, -0.2) is 65.1 Å². The molecule has 0 bridgehead atoms. The first-order valence-electron chi connectivity index (χ1n) is 11.4. The quantitative estimate of drug-likeness (QED) is 0.623. The molecule has 1 unspecified atom stereocenters. The number of rotatable bonds is 5. The van der Waals surface area contributed by atoms with E-state index < -0.39 is 11.6 Å². The lowest BCUT2D eigenvalue weighted by atomic mass is 10.1. The van der Waals surface area contributed by atoms with Crippen LogP contribution >= 0.6 is 0 Å². The average Bonchev–Trinajstić information content (AvgIpc) is 3.27. The summed E-state index contributed by atoms with van der Waals surface area (Å²) >= 11 is 0. The molecule has 7 nitrogen and oxygen atoms in total. The maximum absolute atomic E-state index is 13.5. The van der Waals surface area contributed by atoms with Gasteiger partial charge in [0.2, 0.25) is 5.95 Å². The Morgan fingerprint density at radius 1 is 1.00 bits per heavy atom. The van der Waals surface area contributed by atoms with E-state index in [1.54, 1.807) is 0 Å². The highest BCUT2D eigenvalue weighted by atomic mass is 19.1. The Kier molecular flexibility index (Phi) is 6.24. The van der Waals surface area contributed by atoms with E-state index in [1.165, 1.54) is 29.6 Å². The van der Waals surface area contributed by atoms with E-state index in [1.807, 2.05) is 6.07 Å². The zero-order valence-electron chi connectivity index (χ0n) is 18.7. The summed E-state index contributed by atoms with van der Waals surface area (Å²) in [5.74, 6) is -0.956. The van der Waals surface area contributed by atoms with Gasteiger partial charge in [-0.2, -0.15) is 4.98 Å². The fourth-order valence-electron chi connectivity index (χ4n) is 4.62. The van der Waals surface area contributed by atoms with Gasteiger partial charge in [-0.05, 0) is 55.7 Å². The Labute approximate surface area is 193 Å². The lowest BCUT2D eigenvalue weighted by molar-refractivity contribution is 0.0159. The van der Waals surface area contributed by atoms with Gasteiger partial charge < -0.3 is 15.0 Å². The van der Waals surface area contributed by atoms with Gasteiger partial charge in [-0.25, -0.2) is 13.5 Å². The van der Waals surface area contributed by atoms with Crippen LogP contribution in [0, 0.1) is 18.6 Å². The highest BCUT2D eigenvalue weighted by Gasteiger charge is 2.26. The van der Waals surface area contributed by atoms with Crippen molar-refractivity contribution >= 4 is 17.3 Å². The fourth-order valence-corrected chi connectivity index (χ4v) is 4.62. The van der Waals surface area contributed by atoms with Crippen molar-refractivity contribution in [3.63, 3.8) is 0 Å². The van der Waals surface area contributed by atoms with Crippen molar-refractivity contribution in [1.29, 1.82) is 0 Å². The second-order valence-electron chi connectivity index (χ2n) is 8.72. The predicted molar refractivity (Wildman–Crippen MR) is 125 cm³/mol. The lowest BCUT2D eigenvalue weighted by Crippen LogP contribution is -2.52. The third-order valence-electron chi connectivity index (χ3n) is 6.25. The number of hydrogen-bond acceptors (Lipinski definition) is 6. The van der Waals surface area contributed by atoms with Crippen molar-refractivity contribution < 1.29 is 14.9 Å². The van der Waals surface area contributed by atoms with E-state index in [-0.39, 0.29) is 7.11 Å². The van der Waals surface area contributed by atoms with Crippen LogP contribution in [0.2, 0.25) is 0 Å². The maximum Gasteiger partial charge on any atom is 0.246 e. The lowest BCUT2D eigenvalue weighted by Gasteiger charge is -2.41. The van der Waals surface area contributed by atoms with Gasteiger partial charge in [-0.3, -0.25) is 4.90 Å². The van der Waals surface area contributed by atoms with Crippen molar-refractivity contribution in [3.8, 4) is 5.69 Å². The molecule has 9 heteroatoms. The smallest absolute Gasteiger partial charge is 0.246 e. The summed E-state index contributed by atoms with van der Waals surface area (Å²) in [4.78, 5) is 9.20. The second kappa shape index (κ2) is 9.44. The molecule has 176 valence electrons. The molecule has 2 aromatic carbocycles. The van der Waals surface area contributed by atoms with E-state index in [0.717, 1.165) is 68.8 Å². The number of nitrogens with one attached hydrogen (secondary N) is 1. The van der Waals surface area contributed by atoms with E-state index in [9.17, 15) is 8.78 Å². The van der Waals surface area contributed by atoms with Crippen molar-refractivity contribution in [3.05, 3.63) is 59.9 Å². The molecule has 3 aromatic rings. The Hall–Kier alpha value is -3.04. The first-order chi connectivity index (χ1) is 16.0. The highest BCUT2D eigenvalue weighted by Crippen LogP contribution is 2.26. The topological polar surface area (TPSA) is 58.5 Å². The molecule has 2 saturated heterocycles. The van der Waals surface area contributed by atoms with Gasteiger partial charge in [-0.15, -0.1) is 5.10 Å². The molecule has 33 heavy (non-hydrogen) atoms. The Bertz CT molecular complexity index is 1090. The molecule has 0 aliphatic carbocycles. The predicted octanol–water partition coefficient (Wildman–Crippen LogP) is 4.14. The number of aryl methyl sites for hydroxylation is 1. The fraction of sp³-hybridized carbons (Fsp3) is 0.417. The number of nitrogens with zero attached hydrogens (tertiary/aromatic N) is 5. The Balaban J connectivity index is 0.00000274. The first kappa shape index (κ1) is 21.8. The molecule has 2 aliphatic rings. The number of hydrogen-bond donors (Lipinski definition) is 1. The van der Waals surface area contributed by atoms with Crippen LogP contribution in [0.5, 0.6) is 0 Å². The molecule has 1 N–H and O–H groups in total. The molecule has 1 atom stereocenters. The van der Waals surface area contributed by atoms with Gasteiger partial charge in [0.15, 0.2) is 0 Å². The van der Waals surface area contributed by atoms with Crippen LogP contribution in [-0.2, 0) is 4.74 Å². The maximum atomic E-state index is 13.5. The molecule has 0 radical (unpaired) electrons. The number of piperazine rings is 1. The van der Waals surface area contributed by atoms with Crippen molar-refractivity contribution in [2.45, 2.75) is 25.8 Å².